The Morgan fingerprint density at radius 2 is 1.58 bits per heavy atom. The molecule has 1 N–H and O–H groups in total. The SMILES string of the molecule is O=S(=O)(OS1(c2cccc3c(O)cccc23)CCCC1)C(F)(F)F. The number of hydrogen-bond acceptors (Lipinski definition) is 4. The van der Waals surface area contributed by atoms with Crippen molar-refractivity contribution in [2.45, 2.75) is 23.2 Å². The van der Waals surface area contributed by atoms with Gasteiger partial charge >= 0.3 is 15.6 Å². The fourth-order valence-electron chi connectivity index (χ4n) is 2.90. The molecule has 2 aromatic rings. The Balaban J connectivity index is 2.19. The van der Waals surface area contributed by atoms with Crippen LogP contribution < -0.4 is 0 Å². The van der Waals surface area contributed by atoms with Gasteiger partial charge < -0.3 is 5.11 Å². The van der Waals surface area contributed by atoms with E-state index in [1.807, 2.05) is 0 Å². The molecule has 0 unspecified atom stereocenters. The minimum absolute atomic E-state index is 0.0134. The molecule has 4 nitrogen and oxygen atoms in total. The van der Waals surface area contributed by atoms with Crippen molar-refractivity contribution in [2.75, 3.05) is 11.5 Å². The summed E-state index contributed by atoms with van der Waals surface area (Å²) in [4.78, 5) is 0.432. The summed E-state index contributed by atoms with van der Waals surface area (Å²) >= 11 is 0. The van der Waals surface area contributed by atoms with Crippen molar-refractivity contribution in [3.05, 3.63) is 36.4 Å². The number of fused-ring (bicyclic) bond motifs is 1. The average Bonchev–Trinajstić information content (AvgIpc) is 2.95. The van der Waals surface area contributed by atoms with Crippen molar-refractivity contribution in [3.8, 4) is 5.75 Å². The van der Waals surface area contributed by atoms with Crippen molar-refractivity contribution in [3.63, 3.8) is 0 Å². The second-order valence-corrected chi connectivity index (χ2v) is 10.3. The van der Waals surface area contributed by atoms with Gasteiger partial charge in [0.2, 0.25) is 0 Å². The molecule has 0 saturated carbocycles. The molecule has 1 saturated heterocycles. The Morgan fingerprint density at radius 3 is 2.21 bits per heavy atom. The molecule has 0 amide bonds. The molecule has 2 aromatic carbocycles. The third-order valence-electron chi connectivity index (χ3n) is 3.96. The van der Waals surface area contributed by atoms with Crippen molar-refractivity contribution in [1.29, 1.82) is 0 Å². The molecule has 9 heteroatoms. The predicted molar refractivity (Wildman–Crippen MR) is 86.5 cm³/mol. The standard InChI is InChI=1S/C15H15F3O4S2/c16-15(17,18)24(20,21)22-23(9-1-2-10-23)14-8-4-5-11-12(14)6-3-7-13(11)19/h3-8,19H,1-2,9-10H2. The Labute approximate surface area is 138 Å². The quantitative estimate of drug-likeness (QED) is 0.807. The second kappa shape index (κ2) is 5.82. The summed E-state index contributed by atoms with van der Waals surface area (Å²) in [5.74, 6) is 0.481. The largest absolute Gasteiger partial charge is 0.523 e. The summed E-state index contributed by atoms with van der Waals surface area (Å²) in [6, 6.07) is 9.51. The molecule has 1 aliphatic rings. The highest BCUT2D eigenvalue weighted by Crippen LogP contribution is 2.65. The lowest BCUT2D eigenvalue weighted by molar-refractivity contribution is -0.0496. The molecule has 0 radical (unpaired) electrons. The minimum Gasteiger partial charge on any atom is -0.507 e. The van der Waals surface area contributed by atoms with Crippen LogP contribution in [0.5, 0.6) is 5.75 Å². The van der Waals surface area contributed by atoms with Gasteiger partial charge in [0, 0.05) is 21.8 Å². The van der Waals surface area contributed by atoms with Crippen molar-refractivity contribution in [1.82, 2.24) is 0 Å². The highest BCUT2D eigenvalue weighted by Gasteiger charge is 2.52. The summed E-state index contributed by atoms with van der Waals surface area (Å²) < 4.78 is 66.5. The molecule has 1 fully saturated rings. The van der Waals surface area contributed by atoms with Crippen LogP contribution in [0.15, 0.2) is 41.3 Å². The smallest absolute Gasteiger partial charge is 0.507 e. The molecule has 0 aliphatic carbocycles. The third-order valence-corrected chi connectivity index (χ3v) is 9.34. The van der Waals surface area contributed by atoms with Gasteiger partial charge in [-0.1, -0.05) is 34.6 Å². The van der Waals surface area contributed by atoms with Gasteiger partial charge in [-0.3, -0.25) is 0 Å². The molecule has 1 aliphatic heterocycles. The second-order valence-electron chi connectivity index (χ2n) is 5.52. The van der Waals surface area contributed by atoms with Crippen LogP contribution in [0.25, 0.3) is 10.8 Å². The fourth-order valence-corrected chi connectivity index (χ4v) is 8.30. The van der Waals surface area contributed by atoms with Crippen LogP contribution in [0, 0.1) is 0 Å². The molecule has 0 bridgehead atoms. The first-order valence-corrected chi connectivity index (χ1v) is 10.5. The van der Waals surface area contributed by atoms with Crippen LogP contribution in [-0.4, -0.2) is 30.5 Å². The third kappa shape index (κ3) is 2.84. The zero-order chi connectivity index (χ0) is 17.6. The molecule has 132 valence electrons. The van der Waals surface area contributed by atoms with E-state index in [1.54, 1.807) is 30.3 Å². The topological polar surface area (TPSA) is 63.6 Å². The number of benzene rings is 2. The number of halogens is 3. The van der Waals surface area contributed by atoms with E-state index in [-0.39, 0.29) is 17.3 Å². The highest BCUT2D eigenvalue weighted by atomic mass is 32.3. The van der Waals surface area contributed by atoms with E-state index >= 15 is 0 Å². The van der Waals surface area contributed by atoms with E-state index in [0.29, 0.717) is 28.5 Å². The normalized spacial score (nSPS) is 19.5. The lowest BCUT2D eigenvalue weighted by Crippen LogP contribution is -2.27. The summed E-state index contributed by atoms with van der Waals surface area (Å²) in [7, 11) is -8.34. The van der Waals surface area contributed by atoms with E-state index in [0.717, 1.165) is 0 Å². The van der Waals surface area contributed by atoms with E-state index in [1.165, 1.54) is 6.07 Å². The van der Waals surface area contributed by atoms with Gasteiger partial charge in [-0.05, 0) is 30.4 Å². The summed E-state index contributed by atoms with van der Waals surface area (Å²) in [6.45, 7) is 0. The first-order valence-electron chi connectivity index (χ1n) is 7.18. The lowest BCUT2D eigenvalue weighted by atomic mass is 10.1. The monoisotopic (exact) mass is 380 g/mol. The minimum atomic E-state index is -5.69. The Hall–Kier alpha value is -1.45. The van der Waals surface area contributed by atoms with Gasteiger partial charge in [0.1, 0.15) is 5.75 Å². The Morgan fingerprint density at radius 1 is 1.00 bits per heavy atom. The van der Waals surface area contributed by atoms with Crippen LogP contribution in [0.1, 0.15) is 12.8 Å². The zero-order valence-electron chi connectivity index (χ0n) is 12.4. The van der Waals surface area contributed by atoms with Crippen LogP contribution >= 0.6 is 10.3 Å². The van der Waals surface area contributed by atoms with Gasteiger partial charge in [0.15, 0.2) is 0 Å². The first kappa shape index (κ1) is 17.4. The van der Waals surface area contributed by atoms with Gasteiger partial charge in [-0.25, -0.2) is 3.63 Å². The van der Waals surface area contributed by atoms with E-state index in [9.17, 15) is 26.7 Å². The number of alkyl halides is 3. The van der Waals surface area contributed by atoms with Crippen molar-refractivity contribution in [2.24, 2.45) is 0 Å². The molecule has 0 atom stereocenters. The fraction of sp³-hybridized carbons (Fsp3) is 0.333. The maximum atomic E-state index is 12.8. The number of phenolic OH excluding ortho intramolecular Hbond substituents is 1. The van der Waals surface area contributed by atoms with Gasteiger partial charge in [-0.2, -0.15) is 21.6 Å². The molecular formula is C15H15F3O4S2. The van der Waals surface area contributed by atoms with Crippen LogP contribution in [0.2, 0.25) is 0 Å². The average molecular weight is 380 g/mol. The summed E-state index contributed by atoms with van der Waals surface area (Å²) in [5, 5.41) is 10.9. The van der Waals surface area contributed by atoms with Crippen LogP contribution in [0.3, 0.4) is 0 Å². The van der Waals surface area contributed by atoms with Crippen LogP contribution in [-0.2, 0) is 13.7 Å². The van der Waals surface area contributed by atoms with Gasteiger partial charge in [0.05, 0.1) is 0 Å². The van der Waals surface area contributed by atoms with E-state index < -0.39 is 25.9 Å². The predicted octanol–water partition coefficient (Wildman–Crippen LogP) is 4.28. The van der Waals surface area contributed by atoms with E-state index in [2.05, 4.69) is 0 Å². The summed E-state index contributed by atoms with van der Waals surface area (Å²) in [5.41, 5.74) is -5.46. The van der Waals surface area contributed by atoms with Crippen molar-refractivity contribution >= 4 is 31.2 Å². The Bertz CT molecular complexity index is 872. The number of phenols is 1. The first-order chi connectivity index (χ1) is 11.2. The maximum Gasteiger partial charge on any atom is 0.523 e. The zero-order valence-corrected chi connectivity index (χ0v) is 14.0. The van der Waals surface area contributed by atoms with Crippen LogP contribution in [0.4, 0.5) is 13.2 Å². The molecule has 0 spiro atoms. The van der Waals surface area contributed by atoms with Crippen molar-refractivity contribution < 1.29 is 30.3 Å². The molecular weight excluding hydrogens is 365 g/mol. The molecule has 3 rings (SSSR count). The number of hydrogen-bond donors (Lipinski definition) is 1. The van der Waals surface area contributed by atoms with E-state index in [4.69, 9.17) is 3.63 Å². The highest BCUT2D eigenvalue weighted by molar-refractivity contribution is 8.33. The number of aromatic hydroxyl groups is 1. The molecule has 24 heavy (non-hydrogen) atoms. The molecule has 1 heterocycles. The lowest BCUT2D eigenvalue weighted by Gasteiger charge is -2.35. The van der Waals surface area contributed by atoms with Gasteiger partial charge in [-0.15, -0.1) is 0 Å². The Kier molecular flexibility index (Phi) is 4.21. The molecule has 0 aromatic heterocycles. The summed E-state index contributed by atoms with van der Waals surface area (Å²) in [6.07, 6.45) is 1.19. The number of rotatable bonds is 3. The maximum absolute atomic E-state index is 12.8. The van der Waals surface area contributed by atoms with Gasteiger partial charge in [0.25, 0.3) is 0 Å².